The fraction of sp³-hybridized carbons (Fsp3) is 0.379. The van der Waals surface area contributed by atoms with Gasteiger partial charge in [-0.05, 0) is 43.4 Å². The van der Waals surface area contributed by atoms with Crippen molar-refractivity contribution in [3.63, 3.8) is 0 Å². The van der Waals surface area contributed by atoms with E-state index in [0.717, 1.165) is 42.3 Å². The smallest absolute Gasteiger partial charge is 0.323 e. The molecular formula is C29H32N10O2. The van der Waals surface area contributed by atoms with Crippen LogP contribution in [0.3, 0.4) is 0 Å². The van der Waals surface area contributed by atoms with E-state index in [1.165, 1.54) is 0 Å². The summed E-state index contributed by atoms with van der Waals surface area (Å²) in [6, 6.07) is 15.9. The number of hydrogen-bond acceptors (Lipinski definition) is 9. The van der Waals surface area contributed by atoms with Crippen molar-refractivity contribution in [2.75, 3.05) is 28.7 Å². The summed E-state index contributed by atoms with van der Waals surface area (Å²) in [7, 11) is 1.86. The zero-order valence-corrected chi connectivity index (χ0v) is 22.8. The highest BCUT2D eigenvalue weighted by Crippen LogP contribution is 2.29. The minimum atomic E-state index is -0.174. The van der Waals surface area contributed by atoms with Gasteiger partial charge in [-0.3, -0.25) is 9.58 Å². The molecule has 1 aromatic carbocycles. The van der Waals surface area contributed by atoms with Gasteiger partial charge in [0.2, 0.25) is 5.95 Å². The number of nitriles is 1. The first-order chi connectivity index (χ1) is 20.1. The van der Waals surface area contributed by atoms with Crippen LogP contribution in [0.1, 0.15) is 36.8 Å². The molecule has 4 heterocycles. The van der Waals surface area contributed by atoms with E-state index in [1.54, 1.807) is 15.8 Å². The number of ether oxygens (including phenoxy) is 1. The Balaban J connectivity index is 1.15. The lowest BCUT2D eigenvalue weighted by atomic mass is 9.90. The van der Waals surface area contributed by atoms with E-state index in [9.17, 15) is 10.1 Å². The van der Waals surface area contributed by atoms with Crippen LogP contribution in [-0.2, 0) is 18.3 Å². The summed E-state index contributed by atoms with van der Waals surface area (Å²) >= 11 is 0. The van der Waals surface area contributed by atoms with Gasteiger partial charge in [-0.1, -0.05) is 30.3 Å². The number of anilines is 3. The molecule has 210 valence electrons. The second kappa shape index (κ2) is 11.8. The summed E-state index contributed by atoms with van der Waals surface area (Å²) in [6.07, 6.45) is 6.62. The molecule has 1 aliphatic heterocycles. The third kappa shape index (κ3) is 6.05. The Morgan fingerprint density at radius 1 is 1.05 bits per heavy atom. The third-order valence-corrected chi connectivity index (χ3v) is 7.50. The fourth-order valence-corrected chi connectivity index (χ4v) is 5.28. The Kier molecular flexibility index (Phi) is 7.60. The molecule has 1 aliphatic carbocycles. The SMILES string of the molecule is Cn1cc2nc(N(C(=O)NCc3ccccc3)C3CCC(Nc4ncc(C#N)c(NC5COC5)n4)CC3)ccc2n1. The molecule has 0 spiro atoms. The zero-order valence-electron chi connectivity index (χ0n) is 22.8. The lowest BCUT2D eigenvalue weighted by Crippen LogP contribution is -2.49. The number of nitrogens with one attached hydrogen (secondary N) is 3. The number of amides is 2. The van der Waals surface area contributed by atoms with Gasteiger partial charge >= 0.3 is 6.03 Å². The number of nitrogens with zero attached hydrogens (tertiary/aromatic N) is 7. The van der Waals surface area contributed by atoms with E-state index in [4.69, 9.17) is 9.72 Å². The summed E-state index contributed by atoms with van der Waals surface area (Å²) in [5, 5.41) is 23.7. The first-order valence-electron chi connectivity index (χ1n) is 13.8. The molecule has 41 heavy (non-hydrogen) atoms. The monoisotopic (exact) mass is 552 g/mol. The maximum Gasteiger partial charge on any atom is 0.323 e. The van der Waals surface area contributed by atoms with Gasteiger partial charge in [-0.15, -0.1) is 0 Å². The Labute approximate surface area is 237 Å². The number of rotatable bonds is 8. The molecule has 2 aliphatic rings. The molecule has 1 saturated carbocycles. The number of aryl methyl sites for hydroxylation is 1. The van der Waals surface area contributed by atoms with Crippen LogP contribution in [0.4, 0.5) is 22.4 Å². The van der Waals surface area contributed by atoms with Crippen LogP contribution in [-0.4, -0.2) is 62.1 Å². The Hall–Kier alpha value is -4.76. The number of fused-ring (bicyclic) bond motifs is 1. The van der Waals surface area contributed by atoms with Crippen LogP contribution in [0.15, 0.2) is 54.9 Å². The predicted molar refractivity (Wildman–Crippen MR) is 154 cm³/mol. The molecule has 2 amide bonds. The number of aromatic nitrogens is 5. The quantitative estimate of drug-likeness (QED) is 0.298. The molecule has 0 radical (unpaired) electrons. The molecule has 6 rings (SSSR count). The summed E-state index contributed by atoms with van der Waals surface area (Å²) in [5.41, 5.74) is 2.97. The Bertz CT molecular complexity index is 1560. The van der Waals surface area contributed by atoms with E-state index < -0.39 is 0 Å². The standard InChI is InChI=1S/C29H32N10O2/c1-38-16-25-24(37-38)11-12-26(35-25)39(29(40)32-14-19-5-3-2-4-6-19)23-9-7-21(8-10-23)34-28-31-15-20(13-30)27(36-28)33-22-17-41-18-22/h2-6,11-12,15-16,21-23H,7-10,14,17-18H2,1H3,(H,32,40)(H2,31,33,34,36). The summed E-state index contributed by atoms with van der Waals surface area (Å²) in [6.45, 7) is 1.63. The Morgan fingerprint density at radius 2 is 1.85 bits per heavy atom. The van der Waals surface area contributed by atoms with Gasteiger partial charge in [0.15, 0.2) is 0 Å². The highest BCUT2D eigenvalue weighted by Gasteiger charge is 2.31. The number of pyridine rings is 1. The second-order valence-corrected chi connectivity index (χ2v) is 10.5. The van der Waals surface area contributed by atoms with Gasteiger partial charge in [-0.25, -0.2) is 14.8 Å². The van der Waals surface area contributed by atoms with E-state index >= 15 is 0 Å². The molecule has 12 heteroatoms. The molecule has 2 fully saturated rings. The maximum atomic E-state index is 13.6. The number of carbonyl (C=O) groups excluding carboxylic acids is 1. The van der Waals surface area contributed by atoms with Crippen LogP contribution >= 0.6 is 0 Å². The van der Waals surface area contributed by atoms with E-state index in [-0.39, 0.29) is 24.2 Å². The van der Waals surface area contributed by atoms with Crippen molar-refractivity contribution < 1.29 is 9.53 Å². The van der Waals surface area contributed by atoms with E-state index in [1.807, 2.05) is 55.7 Å². The van der Waals surface area contributed by atoms with Crippen LogP contribution in [0.5, 0.6) is 0 Å². The lowest BCUT2D eigenvalue weighted by molar-refractivity contribution is 0.0209. The van der Waals surface area contributed by atoms with Crippen LogP contribution < -0.4 is 20.9 Å². The topological polar surface area (TPSA) is 146 Å². The fourth-order valence-electron chi connectivity index (χ4n) is 5.28. The summed E-state index contributed by atoms with van der Waals surface area (Å²) < 4.78 is 6.95. The molecule has 0 bridgehead atoms. The number of benzene rings is 1. The van der Waals surface area contributed by atoms with Crippen molar-refractivity contribution in [3.8, 4) is 6.07 Å². The van der Waals surface area contributed by atoms with Crippen molar-refractivity contribution in [1.82, 2.24) is 30.0 Å². The van der Waals surface area contributed by atoms with Crippen LogP contribution in [0.25, 0.3) is 11.0 Å². The zero-order chi connectivity index (χ0) is 28.2. The number of carbonyl (C=O) groups is 1. The van der Waals surface area contributed by atoms with Crippen molar-refractivity contribution in [2.45, 2.75) is 50.4 Å². The molecule has 12 nitrogen and oxygen atoms in total. The van der Waals surface area contributed by atoms with E-state index in [0.29, 0.717) is 42.9 Å². The maximum absolute atomic E-state index is 13.6. The number of urea groups is 1. The Morgan fingerprint density at radius 3 is 2.59 bits per heavy atom. The molecule has 3 N–H and O–H groups in total. The van der Waals surface area contributed by atoms with Crippen molar-refractivity contribution in [2.24, 2.45) is 7.05 Å². The molecular weight excluding hydrogens is 520 g/mol. The van der Waals surface area contributed by atoms with Crippen LogP contribution in [0, 0.1) is 11.3 Å². The molecule has 4 aromatic rings. The molecule has 0 atom stereocenters. The average Bonchev–Trinajstić information content (AvgIpc) is 3.35. The largest absolute Gasteiger partial charge is 0.377 e. The first-order valence-corrected chi connectivity index (χ1v) is 13.8. The minimum Gasteiger partial charge on any atom is -0.377 e. The van der Waals surface area contributed by atoms with Crippen molar-refractivity contribution >= 4 is 34.6 Å². The molecule has 3 aromatic heterocycles. The highest BCUT2D eigenvalue weighted by molar-refractivity contribution is 5.92. The number of hydrogen-bond donors (Lipinski definition) is 3. The normalized spacial score (nSPS) is 18.7. The summed E-state index contributed by atoms with van der Waals surface area (Å²) in [5.74, 6) is 1.61. The van der Waals surface area contributed by atoms with Gasteiger partial charge in [0, 0.05) is 25.7 Å². The predicted octanol–water partition coefficient (Wildman–Crippen LogP) is 3.58. The van der Waals surface area contributed by atoms with E-state index in [2.05, 4.69) is 37.1 Å². The average molecular weight is 553 g/mol. The molecule has 0 unspecified atom stereocenters. The highest BCUT2D eigenvalue weighted by atomic mass is 16.5. The third-order valence-electron chi connectivity index (χ3n) is 7.50. The summed E-state index contributed by atoms with van der Waals surface area (Å²) in [4.78, 5) is 29.2. The van der Waals surface area contributed by atoms with Crippen LogP contribution in [0.2, 0.25) is 0 Å². The lowest BCUT2D eigenvalue weighted by Gasteiger charge is -2.36. The van der Waals surface area contributed by atoms with Gasteiger partial charge in [0.25, 0.3) is 0 Å². The molecule has 1 saturated heterocycles. The second-order valence-electron chi connectivity index (χ2n) is 10.5. The van der Waals surface area contributed by atoms with Gasteiger partial charge < -0.3 is 20.7 Å². The van der Waals surface area contributed by atoms with Gasteiger partial charge in [0.1, 0.15) is 34.3 Å². The minimum absolute atomic E-state index is 0.0248. The first kappa shape index (κ1) is 26.5. The van der Waals surface area contributed by atoms with Gasteiger partial charge in [0.05, 0.1) is 31.6 Å². The van der Waals surface area contributed by atoms with Crippen molar-refractivity contribution in [1.29, 1.82) is 5.26 Å². The van der Waals surface area contributed by atoms with Gasteiger partial charge in [-0.2, -0.15) is 15.3 Å². The van der Waals surface area contributed by atoms with Crippen molar-refractivity contribution in [3.05, 3.63) is 66.0 Å².